The normalized spacial score (nSPS) is 24.9. The van der Waals surface area contributed by atoms with Crippen molar-refractivity contribution < 1.29 is 24.1 Å². The first kappa shape index (κ1) is 10.4. The van der Waals surface area contributed by atoms with E-state index in [1.807, 2.05) is 0 Å². The molecule has 0 unspecified atom stereocenters. The van der Waals surface area contributed by atoms with Crippen molar-refractivity contribution in [1.29, 1.82) is 0 Å². The number of hydrogen-bond acceptors (Lipinski definition) is 5. The molecule has 2 atom stereocenters. The Morgan fingerprint density at radius 1 is 1.54 bits per heavy atom. The van der Waals surface area contributed by atoms with Crippen LogP contribution in [0.4, 0.5) is 0 Å². The molecule has 1 rings (SSSR count). The van der Waals surface area contributed by atoms with E-state index >= 15 is 0 Å². The second kappa shape index (κ2) is 4.55. The maximum atomic E-state index is 10.7. The summed E-state index contributed by atoms with van der Waals surface area (Å²) in [6.07, 6.45) is -1.29. The number of carbonyl (C=O) groups is 1. The minimum absolute atomic E-state index is 0.282. The highest BCUT2D eigenvalue weighted by Crippen LogP contribution is 2.20. The zero-order valence-corrected chi connectivity index (χ0v) is 7.73. The van der Waals surface area contributed by atoms with Crippen LogP contribution in [-0.4, -0.2) is 43.8 Å². The SMILES string of the molecule is COC(OC)[C@H](O)[C@H]1CCC(=O)O1. The Balaban J connectivity index is 2.46. The molecule has 5 heteroatoms. The lowest BCUT2D eigenvalue weighted by atomic mass is 10.1. The molecule has 0 aromatic rings. The van der Waals surface area contributed by atoms with Crippen molar-refractivity contribution in [3.63, 3.8) is 0 Å². The van der Waals surface area contributed by atoms with Crippen LogP contribution in [0.5, 0.6) is 0 Å². The Morgan fingerprint density at radius 3 is 2.54 bits per heavy atom. The van der Waals surface area contributed by atoms with Gasteiger partial charge >= 0.3 is 5.97 Å². The molecule has 0 aromatic heterocycles. The molecule has 0 radical (unpaired) electrons. The Kier molecular flexibility index (Phi) is 3.65. The molecule has 0 amide bonds. The van der Waals surface area contributed by atoms with Gasteiger partial charge in [-0.3, -0.25) is 4.79 Å². The molecular formula is C8H14O5. The van der Waals surface area contributed by atoms with Crippen LogP contribution >= 0.6 is 0 Å². The van der Waals surface area contributed by atoms with Gasteiger partial charge in [0.1, 0.15) is 12.2 Å². The van der Waals surface area contributed by atoms with Gasteiger partial charge in [0.05, 0.1) is 0 Å². The maximum Gasteiger partial charge on any atom is 0.306 e. The zero-order chi connectivity index (χ0) is 9.84. The van der Waals surface area contributed by atoms with Gasteiger partial charge in [-0.25, -0.2) is 0 Å². The average Bonchev–Trinajstić information content (AvgIpc) is 2.54. The Morgan fingerprint density at radius 2 is 2.15 bits per heavy atom. The van der Waals surface area contributed by atoms with Crippen molar-refractivity contribution >= 4 is 5.97 Å². The summed E-state index contributed by atoms with van der Waals surface area (Å²) in [4.78, 5) is 10.7. The number of carbonyl (C=O) groups excluding carboxylic acids is 1. The fraction of sp³-hybridized carbons (Fsp3) is 0.875. The lowest BCUT2D eigenvalue weighted by Gasteiger charge is -2.23. The number of esters is 1. The molecule has 1 aliphatic rings. The molecule has 0 saturated carbocycles. The molecule has 1 fully saturated rings. The van der Waals surface area contributed by atoms with Crippen LogP contribution < -0.4 is 0 Å². The lowest BCUT2D eigenvalue weighted by molar-refractivity contribution is -0.194. The van der Waals surface area contributed by atoms with Crippen molar-refractivity contribution in [3.8, 4) is 0 Å². The zero-order valence-electron chi connectivity index (χ0n) is 7.73. The lowest BCUT2D eigenvalue weighted by Crippen LogP contribution is -2.39. The van der Waals surface area contributed by atoms with Crippen LogP contribution in [0.15, 0.2) is 0 Å². The first-order chi connectivity index (χ1) is 6.19. The molecule has 0 aromatic carbocycles. The summed E-state index contributed by atoms with van der Waals surface area (Å²) in [5, 5.41) is 9.60. The molecular weight excluding hydrogens is 176 g/mol. The van der Waals surface area contributed by atoms with Crippen LogP contribution in [0.3, 0.4) is 0 Å². The second-order valence-corrected chi connectivity index (χ2v) is 2.90. The van der Waals surface area contributed by atoms with Crippen LogP contribution in [0.25, 0.3) is 0 Å². The first-order valence-electron chi connectivity index (χ1n) is 4.12. The van der Waals surface area contributed by atoms with E-state index in [0.29, 0.717) is 12.8 Å². The summed E-state index contributed by atoms with van der Waals surface area (Å²) in [6.45, 7) is 0. The molecule has 0 spiro atoms. The van der Waals surface area contributed by atoms with Gasteiger partial charge in [0.15, 0.2) is 6.29 Å². The number of rotatable bonds is 4. The fourth-order valence-corrected chi connectivity index (χ4v) is 1.34. The Labute approximate surface area is 76.6 Å². The third-order valence-electron chi connectivity index (χ3n) is 2.04. The van der Waals surface area contributed by atoms with Crippen LogP contribution in [-0.2, 0) is 19.0 Å². The monoisotopic (exact) mass is 190 g/mol. The van der Waals surface area contributed by atoms with Gasteiger partial charge in [0.25, 0.3) is 0 Å². The molecule has 0 aliphatic carbocycles. The maximum absolute atomic E-state index is 10.7. The van der Waals surface area contributed by atoms with E-state index in [-0.39, 0.29) is 5.97 Å². The molecule has 1 saturated heterocycles. The van der Waals surface area contributed by atoms with E-state index in [1.165, 1.54) is 14.2 Å². The number of hydrogen-bond donors (Lipinski definition) is 1. The van der Waals surface area contributed by atoms with Crippen LogP contribution in [0.2, 0.25) is 0 Å². The molecule has 13 heavy (non-hydrogen) atoms. The van der Waals surface area contributed by atoms with Gasteiger partial charge in [0, 0.05) is 20.6 Å². The largest absolute Gasteiger partial charge is 0.459 e. The van der Waals surface area contributed by atoms with E-state index in [0.717, 1.165) is 0 Å². The quantitative estimate of drug-likeness (QED) is 0.486. The van der Waals surface area contributed by atoms with Gasteiger partial charge in [-0.1, -0.05) is 0 Å². The molecule has 5 nitrogen and oxygen atoms in total. The fourth-order valence-electron chi connectivity index (χ4n) is 1.34. The van der Waals surface area contributed by atoms with E-state index < -0.39 is 18.5 Å². The van der Waals surface area contributed by atoms with Crippen molar-refractivity contribution in [2.75, 3.05) is 14.2 Å². The van der Waals surface area contributed by atoms with Crippen LogP contribution in [0, 0.1) is 0 Å². The van der Waals surface area contributed by atoms with Gasteiger partial charge < -0.3 is 19.3 Å². The summed E-state index contributed by atoms with van der Waals surface area (Å²) in [5.74, 6) is -0.282. The van der Waals surface area contributed by atoms with Gasteiger partial charge in [-0.2, -0.15) is 0 Å². The topological polar surface area (TPSA) is 65.0 Å². The molecule has 1 aliphatic heterocycles. The van der Waals surface area contributed by atoms with Crippen molar-refractivity contribution in [3.05, 3.63) is 0 Å². The summed E-state index contributed by atoms with van der Waals surface area (Å²) < 4.78 is 14.5. The number of aliphatic hydroxyl groups excluding tert-OH is 1. The van der Waals surface area contributed by atoms with Gasteiger partial charge in [-0.05, 0) is 6.42 Å². The Hall–Kier alpha value is -0.650. The Bertz CT molecular complexity index is 177. The summed E-state index contributed by atoms with van der Waals surface area (Å²) in [5.41, 5.74) is 0. The standard InChI is InChI=1S/C8H14O5/c1-11-8(12-2)7(10)5-3-4-6(9)13-5/h5,7-8,10H,3-4H2,1-2H3/t5-,7-/m1/s1. The highest BCUT2D eigenvalue weighted by Gasteiger charge is 2.35. The highest BCUT2D eigenvalue weighted by atomic mass is 16.7. The number of aliphatic hydroxyl groups is 1. The summed E-state index contributed by atoms with van der Waals surface area (Å²) >= 11 is 0. The summed E-state index contributed by atoms with van der Waals surface area (Å²) in [7, 11) is 2.85. The number of ether oxygens (including phenoxy) is 3. The second-order valence-electron chi connectivity index (χ2n) is 2.90. The summed E-state index contributed by atoms with van der Waals surface area (Å²) in [6, 6.07) is 0. The first-order valence-corrected chi connectivity index (χ1v) is 4.12. The van der Waals surface area contributed by atoms with E-state index in [1.54, 1.807) is 0 Å². The van der Waals surface area contributed by atoms with E-state index in [4.69, 9.17) is 14.2 Å². The third kappa shape index (κ3) is 2.40. The smallest absolute Gasteiger partial charge is 0.306 e. The van der Waals surface area contributed by atoms with Crippen molar-refractivity contribution in [1.82, 2.24) is 0 Å². The number of cyclic esters (lactones) is 1. The van der Waals surface area contributed by atoms with Gasteiger partial charge in [0.2, 0.25) is 0 Å². The van der Waals surface area contributed by atoms with Crippen molar-refractivity contribution in [2.45, 2.75) is 31.3 Å². The predicted molar refractivity (Wildman–Crippen MR) is 42.9 cm³/mol. The minimum atomic E-state index is -0.915. The van der Waals surface area contributed by atoms with Crippen LogP contribution in [0.1, 0.15) is 12.8 Å². The predicted octanol–water partition coefficient (Wildman–Crippen LogP) is -0.328. The van der Waals surface area contributed by atoms with E-state index in [9.17, 15) is 9.90 Å². The van der Waals surface area contributed by atoms with E-state index in [2.05, 4.69) is 0 Å². The molecule has 1 N–H and O–H groups in total. The number of methoxy groups -OCH3 is 2. The molecule has 1 heterocycles. The molecule has 0 bridgehead atoms. The highest BCUT2D eigenvalue weighted by molar-refractivity contribution is 5.71. The third-order valence-corrected chi connectivity index (χ3v) is 2.04. The average molecular weight is 190 g/mol. The van der Waals surface area contributed by atoms with Gasteiger partial charge in [-0.15, -0.1) is 0 Å². The minimum Gasteiger partial charge on any atom is -0.459 e. The van der Waals surface area contributed by atoms with Crippen molar-refractivity contribution in [2.24, 2.45) is 0 Å². The molecule has 76 valence electrons.